The summed E-state index contributed by atoms with van der Waals surface area (Å²) in [4.78, 5) is 8.21. The minimum Gasteiger partial charge on any atom is -0.366 e. The number of hydrogen-bond acceptors (Lipinski definition) is 5. The number of halogens is 1. The molecule has 5 nitrogen and oxygen atoms in total. The van der Waals surface area contributed by atoms with Crippen molar-refractivity contribution in [2.45, 2.75) is 51.0 Å². The second-order valence-electron chi connectivity index (χ2n) is 4.72. The van der Waals surface area contributed by atoms with Gasteiger partial charge in [-0.25, -0.2) is 10.8 Å². The Morgan fingerprint density at radius 3 is 2.50 bits per heavy atom. The summed E-state index contributed by atoms with van der Waals surface area (Å²) in [6, 6.07) is 0.448. The Bertz CT molecular complexity index is 377. The lowest BCUT2D eigenvalue weighted by atomic mass is 9.97. The van der Waals surface area contributed by atoms with Crippen LogP contribution in [-0.4, -0.2) is 16.0 Å². The van der Waals surface area contributed by atoms with E-state index < -0.39 is 0 Å². The van der Waals surface area contributed by atoms with Crippen LogP contribution in [-0.2, 0) is 0 Å². The Morgan fingerprint density at radius 1 is 1.17 bits per heavy atom. The first-order valence-corrected chi connectivity index (χ1v) is 6.93. The van der Waals surface area contributed by atoms with E-state index in [9.17, 15) is 0 Å². The minimum absolute atomic E-state index is 0.382. The molecule has 0 bridgehead atoms. The highest BCUT2D eigenvalue weighted by atomic mass is 35.5. The van der Waals surface area contributed by atoms with Gasteiger partial charge >= 0.3 is 0 Å². The van der Waals surface area contributed by atoms with Crippen LogP contribution in [0.2, 0.25) is 5.02 Å². The molecule has 0 aromatic carbocycles. The quantitative estimate of drug-likeness (QED) is 0.581. The van der Waals surface area contributed by atoms with Gasteiger partial charge in [-0.1, -0.05) is 43.7 Å². The molecule has 1 saturated carbocycles. The van der Waals surface area contributed by atoms with Crippen molar-refractivity contribution in [3.63, 3.8) is 0 Å². The maximum absolute atomic E-state index is 6.09. The molecular weight excluding hydrogens is 250 g/mol. The van der Waals surface area contributed by atoms with Crippen LogP contribution in [0.3, 0.4) is 0 Å². The van der Waals surface area contributed by atoms with Crippen LogP contribution in [0.1, 0.15) is 44.9 Å². The molecule has 2 rings (SSSR count). The van der Waals surface area contributed by atoms with E-state index in [0.29, 0.717) is 22.8 Å². The molecular formula is C12H20ClN5. The van der Waals surface area contributed by atoms with Gasteiger partial charge in [0.25, 0.3) is 0 Å². The van der Waals surface area contributed by atoms with Gasteiger partial charge < -0.3 is 5.32 Å². The van der Waals surface area contributed by atoms with Crippen molar-refractivity contribution in [1.82, 2.24) is 9.97 Å². The number of nitrogens with two attached hydrogens (primary N) is 1. The molecule has 18 heavy (non-hydrogen) atoms. The van der Waals surface area contributed by atoms with Gasteiger partial charge in [0.15, 0.2) is 5.82 Å². The highest BCUT2D eigenvalue weighted by Gasteiger charge is 2.14. The third-order valence-corrected chi connectivity index (χ3v) is 3.60. The molecule has 6 heteroatoms. The summed E-state index contributed by atoms with van der Waals surface area (Å²) in [7, 11) is 0. The summed E-state index contributed by atoms with van der Waals surface area (Å²) in [5.41, 5.74) is 2.43. The molecule has 1 aromatic heterocycles. The van der Waals surface area contributed by atoms with Crippen molar-refractivity contribution >= 4 is 23.4 Å². The number of rotatable bonds is 3. The van der Waals surface area contributed by atoms with Crippen LogP contribution < -0.4 is 16.6 Å². The molecule has 1 aliphatic carbocycles. The van der Waals surface area contributed by atoms with Crippen molar-refractivity contribution in [2.24, 2.45) is 5.84 Å². The van der Waals surface area contributed by atoms with Gasteiger partial charge in [0.1, 0.15) is 5.02 Å². The number of nitrogens with zero attached hydrogens (tertiary/aromatic N) is 2. The fourth-order valence-electron chi connectivity index (χ4n) is 2.33. The normalized spacial score (nSPS) is 17.9. The summed E-state index contributed by atoms with van der Waals surface area (Å²) >= 11 is 6.09. The fraction of sp³-hybridized carbons (Fsp3) is 0.667. The summed E-state index contributed by atoms with van der Waals surface area (Å²) < 4.78 is 0. The van der Waals surface area contributed by atoms with Crippen LogP contribution in [0.4, 0.5) is 11.8 Å². The molecule has 0 saturated heterocycles. The molecule has 1 heterocycles. The monoisotopic (exact) mass is 269 g/mol. The summed E-state index contributed by atoms with van der Waals surface area (Å²) in [6.07, 6.45) is 10.5. The van der Waals surface area contributed by atoms with Crippen LogP contribution in [0, 0.1) is 0 Å². The number of hydrogen-bond donors (Lipinski definition) is 3. The zero-order chi connectivity index (χ0) is 12.8. The Kier molecular flexibility index (Phi) is 5.01. The maximum Gasteiger partial charge on any atom is 0.239 e. The molecule has 0 unspecified atom stereocenters. The molecule has 1 aromatic rings. The molecule has 4 N–H and O–H groups in total. The second kappa shape index (κ2) is 6.75. The lowest BCUT2D eigenvalue weighted by Gasteiger charge is -2.22. The average molecular weight is 270 g/mol. The molecule has 0 aliphatic heterocycles. The predicted molar refractivity (Wildman–Crippen MR) is 74.6 cm³/mol. The molecule has 0 amide bonds. The minimum atomic E-state index is 0.382. The topological polar surface area (TPSA) is 75.9 Å². The van der Waals surface area contributed by atoms with Gasteiger partial charge in [0.2, 0.25) is 5.95 Å². The number of nitrogens with one attached hydrogen (secondary N) is 2. The third-order valence-electron chi connectivity index (χ3n) is 3.32. The van der Waals surface area contributed by atoms with E-state index in [1.54, 1.807) is 6.20 Å². The first-order chi connectivity index (χ1) is 8.79. The molecule has 0 spiro atoms. The maximum atomic E-state index is 6.09. The zero-order valence-corrected chi connectivity index (χ0v) is 11.2. The highest BCUT2D eigenvalue weighted by Crippen LogP contribution is 2.24. The number of hydrazine groups is 1. The van der Waals surface area contributed by atoms with E-state index in [-0.39, 0.29) is 0 Å². The van der Waals surface area contributed by atoms with Gasteiger partial charge in [-0.3, -0.25) is 5.43 Å². The number of anilines is 2. The lowest BCUT2D eigenvalue weighted by Crippen LogP contribution is -2.22. The Balaban J connectivity index is 2.02. The van der Waals surface area contributed by atoms with Crippen LogP contribution >= 0.6 is 11.6 Å². The van der Waals surface area contributed by atoms with Crippen molar-refractivity contribution in [3.05, 3.63) is 11.2 Å². The first-order valence-electron chi connectivity index (χ1n) is 6.55. The van der Waals surface area contributed by atoms with Crippen LogP contribution in [0.15, 0.2) is 6.20 Å². The van der Waals surface area contributed by atoms with Crippen LogP contribution in [0.5, 0.6) is 0 Å². The summed E-state index contributed by atoms with van der Waals surface area (Å²) in [5.74, 6) is 6.36. The molecule has 0 atom stereocenters. The highest BCUT2D eigenvalue weighted by molar-refractivity contribution is 6.32. The Labute approximate surface area is 112 Å². The van der Waals surface area contributed by atoms with E-state index >= 15 is 0 Å². The second-order valence-corrected chi connectivity index (χ2v) is 5.13. The summed E-state index contributed by atoms with van der Waals surface area (Å²) in [6.45, 7) is 0. The number of aromatic nitrogens is 2. The predicted octanol–water partition coefficient (Wildman–Crippen LogP) is 2.94. The molecule has 100 valence electrons. The smallest absolute Gasteiger partial charge is 0.239 e. The van der Waals surface area contributed by atoms with E-state index in [0.717, 1.165) is 0 Å². The number of nitrogen functional groups attached to an aromatic ring is 1. The Morgan fingerprint density at radius 2 is 1.83 bits per heavy atom. The van der Waals surface area contributed by atoms with E-state index in [1.165, 1.54) is 44.9 Å². The van der Waals surface area contributed by atoms with Gasteiger partial charge in [-0.05, 0) is 12.8 Å². The fourth-order valence-corrected chi connectivity index (χ4v) is 2.48. The largest absolute Gasteiger partial charge is 0.366 e. The van der Waals surface area contributed by atoms with Crippen molar-refractivity contribution in [1.29, 1.82) is 0 Å². The van der Waals surface area contributed by atoms with Crippen molar-refractivity contribution in [3.8, 4) is 0 Å². The lowest BCUT2D eigenvalue weighted by molar-refractivity contribution is 0.470. The molecule has 0 radical (unpaired) electrons. The SMILES string of the molecule is NNc1ncc(Cl)c(NC2CCCCCCC2)n1. The first kappa shape index (κ1) is 13.4. The summed E-state index contributed by atoms with van der Waals surface area (Å²) in [5, 5.41) is 3.95. The van der Waals surface area contributed by atoms with E-state index in [2.05, 4.69) is 20.7 Å². The van der Waals surface area contributed by atoms with Crippen LogP contribution in [0.25, 0.3) is 0 Å². The van der Waals surface area contributed by atoms with Crippen molar-refractivity contribution in [2.75, 3.05) is 10.7 Å². The van der Waals surface area contributed by atoms with Gasteiger partial charge in [0, 0.05) is 6.04 Å². The Hall–Kier alpha value is -1.07. The van der Waals surface area contributed by atoms with Crippen molar-refractivity contribution < 1.29 is 0 Å². The third kappa shape index (κ3) is 3.71. The molecule has 1 fully saturated rings. The standard InChI is InChI=1S/C12H20ClN5/c13-10-8-15-12(18-14)17-11(10)16-9-6-4-2-1-3-5-7-9/h8-9H,1-7,14H2,(H2,15,16,17,18). The van der Waals surface area contributed by atoms with Gasteiger partial charge in [0.05, 0.1) is 6.20 Å². The van der Waals surface area contributed by atoms with Gasteiger partial charge in [-0.2, -0.15) is 4.98 Å². The molecule has 1 aliphatic rings. The average Bonchev–Trinajstić information content (AvgIpc) is 2.35. The van der Waals surface area contributed by atoms with Gasteiger partial charge in [-0.15, -0.1) is 0 Å². The van der Waals surface area contributed by atoms with E-state index in [4.69, 9.17) is 17.4 Å². The zero-order valence-electron chi connectivity index (χ0n) is 10.5. The van der Waals surface area contributed by atoms with E-state index in [1.807, 2.05) is 0 Å².